The third kappa shape index (κ3) is 2.27. The minimum Gasteiger partial charge on any atom is -0.310 e. The summed E-state index contributed by atoms with van der Waals surface area (Å²) in [5, 5.41) is 11.0. The molecule has 4 atom stereocenters. The van der Waals surface area contributed by atoms with Crippen LogP contribution in [0.15, 0.2) is 48.5 Å². The van der Waals surface area contributed by atoms with Gasteiger partial charge in [0.25, 0.3) is 11.6 Å². The molecule has 9 nitrogen and oxygen atoms in total. The van der Waals surface area contributed by atoms with Gasteiger partial charge in [0.15, 0.2) is 0 Å². The van der Waals surface area contributed by atoms with Crippen molar-refractivity contribution >= 4 is 34.8 Å². The molecule has 6 rings (SSSR count). The highest BCUT2D eigenvalue weighted by atomic mass is 16.6. The predicted molar refractivity (Wildman–Crippen MR) is 118 cm³/mol. The average Bonchev–Trinajstić information content (AvgIpc) is 3.51. The van der Waals surface area contributed by atoms with E-state index in [9.17, 15) is 24.5 Å². The van der Waals surface area contributed by atoms with Crippen LogP contribution in [-0.2, 0) is 19.9 Å². The predicted octanol–water partition coefficient (Wildman–Crippen LogP) is 2.44. The Labute approximate surface area is 189 Å². The summed E-state index contributed by atoms with van der Waals surface area (Å²) in [5.74, 6) is -2.32. The van der Waals surface area contributed by atoms with E-state index in [1.807, 2.05) is 31.2 Å². The molecule has 2 aromatic carbocycles. The fraction of sp³-hybridized carbons (Fsp3) is 0.375. The largest absolute Gasteiger partial charge is 0.310 e. The third-order valence-electron chi connectivity index (χ3n) is 7.78. The molecule has 0 aliphatic carbocycles. The molecule has 9 heteroatoms. The normalized spacial score (nSPS) is 30.3. The number of amides is 3. The summed E-state index contributed by atoms with van der Waals surface area (Å²) in [5.41, 5.74) is 0.583. The summed E-state index contributed by atoms with van der Waals surface area (Å²) in [6, 6.07) is 12.8. The molecule has 168 valence electrons. The van der Waals surface area contributed by atoms with Crippen molar-refractivity contribution in [3.8, 4) is 0 Å². The van der Waals surface area contributed by atoms with Crippen molar-refractivity contribution < 1.29 is 19.3 Å². The molecule has 0 aromatic heterocycles. The Morgan fingerprint density at radius 3 is 2.48 bits per heavy atom. The second-order valence-electron chi connectivity index (χ2n) is 9.02. The number of para-hydroxylation sites is 1. The summed E-state index contributed by atoms with van der Waals surface area (Å²) in [6.07, 6.45) is 1.60. The van der Waals surface area contributed by atoms with E-state index >= 15 is 0 Å². The number of fused-ring (bicyclic) bond motifs is 7. The Bertz CT molecular complexity index is 1230. The van der Waals surface area contributed by atoms with Gasteiger partial charge >= 0.3 is 0 Å². The zero-order valence-electron chi connectivity index (χ0n) is 18.0. The van der Waals surface area contributed by atoms with Gasteiger partial charge in [-0.3, -0.25) is 29.4 Å². The van der Waals surface area contributed by atoms with Gasteiger partial charge in [-0.1, -0.05) is 18.2 Å². The molecule has 1 spiro atoms. The number of anilines is 2. The summed E-state index contributed by atoms with van der Waals surface area (Å²) in [7, 11) is 0. The van der Waals surface area contributed by atoms with Gasteiger partial charge in [0.2, 0.25) is 11.8 Å². The lowest BCUT2D eigenvalue weighted by atomic mass is 9.75. The summed E-state index contributed by atoms with van der Waals surface area (Å²) in [4.78, 5) is 57.2. The molecule has 0 bridgehead atoms. The first-order chi connectivity index (χ1) is 15.9. The van der Waals surface area contributed by atoms with Gasteiger partial charge in [-0.05, 0) is 44.5 Å². The molecule has 4 heterocycles. The first kappa shape index (κ1) is 20.0. The van der Waals surface area contributed by atoms with Gasteiger partial charge in [0.1, 0.15) is 5.54 Å². The summed E-state index contributed by atoms with van der Waals surface area (Å²) in [6.45, 7) is 3.04. The summed E-state index contributed by atoms with van der Waals surface area (Å²) < 4.78 is 0. The highest BCUT2D eigenvalue weighted by molar-refractivity contribution is 6.26. The molecule has 3 saturated heterocycles. The Kier molecular flexibility index (Phi) is 4.08. The highest BCUT2D eigenvalue weighted by Gasteiger charge is 2.75. The minimum atomic E-state index is -1.19. The van der Waals surface area contributed by atoms with Crippen molar-refractivity contribution in [2.45, 2.75) is 31.3 Å². The molecule has 2 aromatic rings. The van der Waals surface area contributed by atoms with Gasteiger partial charge in [0.05, 0.1) is 22.4 Å². The van der Waals surface area contributed by atoms with Crippen LogP contribution in [0.2, 0.25) is 0 Å². The zero-order valence-corrected chi connectivity index (χ0v) is 18.0. The fourth-order valence-electron chi connectivity index (χ4n) is 6.63. The van der Waals surface area contributed by atoms with Crippen LogP contribution in [0.4, 0.5) is 17.1 Å². The summed E-state index contributed by atoms with van der Waals surface area (Å²) >= 11 is 0. The number of nitro benzene ring substituents is 1. The number of imide groups is 1. The van der Waals surface area contributed by atoms with Gasteiger partial charge in [-0.25, -0.2) is 4.90 Å². The number of benzene rings is 2. The van der Waals surface area contributed by atoms with Gasteiger partial charge in [-0.15, -0.1) is 0 Å². The quantitative estimate of drug-likeness (QED) is 0.408. The number of rotatable bonds is 3. The van der Waals surface area contributed by atoms with E-state index in [0.29, 0.717) is 18.8 Å². The molecule has 0 unspecified atom stereocenters. The lowest BCUT2D eigenvalue weighted by molar-refractivity contribution is -0.384. The first-order valence-corrected chi connectivity index (χ1v) is 11.2. The average molecular weight is 446 g/mol. The van der Waals surface area contributed by atoms with Crippen LogP contribution >= 0.6 is 0 Å². The molecular weight excluding hydrogens is 424 g/mol. The topological polar surface area (TPSA) is 104 Å². The van der Waals surface area contributed by atoms with Crippen molar-refractivity contribution in [1.29, 1.82) is 0 Å². The van der Waals surface area contributed by atoms with Crippen LogP contribution in [0.1, 0.15) is 25.3 Å². The number of hydrogen-bond donors (Lipinski definition) is 0. The highest BCUT2D eigenvalue weighted by Crippen LogP contribution is 2.61. The van der Waals surface area contributed by atoms with Crippen LogP contribution in [0.25, 0.3) is 0 Å². The monoisotopic (exact) mass is 446 g/mol. The minimum absolute atomic E-state index is 0.116. The van der Waals surface area contributed by atoms with E-state index < -0.39 is 28.2 Å². The molecule has 4 aliphatic rings. The third-order valence-corrected chi connectivity index (χ3v) is 7.78. The maximum atomic E-state index is 14.0. The Hall–Kier alpha value is -3.59. The van der Waals surface area contributed by atoms with Crippen LogP contribution in [0.5, 0.6) is 0 Å². The second kappa shape index (κ2) is 6.71. The maximum absolute atomic E-state index is 14.0. The zero-order chi connectivity index (χ0) is 23.1. The van der Waals surface area contributed by atoms with Crippen LogP contribution in [-0.4, -0.2) is 46.7 Å². The molecular formula is C24H22N4O5. The van der Waals surface area contributed by atoms with Crippen LogP contribution < -0.4 is 9.80 Å². The van der Waals surface area contributed by atoms with E-state index in [4.69, 9.17) is 0 Å². The van der Waals surface area contributed by atoms with E-state index in [2.05, 4.69) is 4.90 Å². The van der Waals surface area contributed by atoms with Crippen molar-refractivity contribution in [2.75, 3.05) is 22.9 Å². The van der Waals surface area contributed by atoms with E-state index in [1.165, 1.54) is 24.3 Å². The maximum Gasteiger partial charge on any atom is 0.269 e. The molecule has 0 radical (unpaired) electrons. The Morgan fingerprint density at radius 1 is 1.06 bits per heavy atom. The van der Waals surface area contributed by atoms with Gasteiger partial charge < -0.3 is 4.90 Å². The van der Waals surface area contributed by atoms with Crippen molar-refractivity contribution in [1.82, 2.24) is 4.90 Å². The molecule has 0 N–H and O–H groups in total. The SMILES string of the molecule is CCN1C(=O)[C@@]2(c3ccccc31)[C@@H]1C(=O)N(c3ccc([N+](=O)[O-])cc3)C(=O)[C@@H]1[C@H]1CCCN12. The molecule has 4 aliphatic heterocycles. The molecule has 3 fully saturated rings. The number of likely N-dealkylation sites (N-methyl/N-ethyl adjacent to an activating group) is 1. The lowest BCUT2D eigenvalue weighted by Gasteiger charge is -2.37. The fourth-order valence-corrected chi connectivity index (χ4v) is 6.63. The van der Waals surface area contributed by atoms with Gasteiger partial charge in [-0.2, -0.15) is 0 Å². The second-order valence-corrected chi connectivity index (χ2v) is 9.02. The van der Waals surface area contributed by atoms with E-state index in [-0.39, 0.29) is 23.5 Å². The molecule has 0 saturated carbocycles. The standard InChI is InChI=1S/C24H22N4O5/c1-2-25-17-7-4-3-6-16(17)24(23(25)31)20-19(18-8-5-13-26(18)24)21(29)27(22(20)30)14-9-11-15(12-10-14)28(32)33/h3-4,6-7,9-12,18-20H,2,5,8,13H2,1H3/t18-,19-,20+,24-/m1/s1. The number of nitrogens with zero attached hydrogens (tertiary/aromatic N) is 4. The molecule has 33 heavy (non-hydrogen) atoms. The first-order valence-electron chi connectivity index (χ1n) is 11.2. The van der Waals surface area contributed by atoms with Crippen molar-refractivity contribution in [3.63, 3.8) is 0 Å². The smallest absolute Gasteiger partial charge is 0.269 e. The van der Waals surface area contributed by atoms with Crippen molar-refractivity contribution in [2.24, 2.45) is 11.8 Å². The van der Waals surface area contributed by atoms with Gasteiger partial charge in [0, 0.05) is 36.0 Å². The number of hydrogen-bond acceptors (Lipinski definition) is 6. The number of carbonyl (C=O) groups excluding carboxylic acids is 3. The number of carbonyl (C=O) groups is 3. The van der Waals surface area contributed by atoms with Crippen molar-refractivity contribution in [3.05, 3.63) is 64.2 Å². The van der Waals surface area contributed by atoms with Crippen LogP contribution in [0.3, 0.4) is 0 Å². The Balaban J connectivity index is 1.52. The van der Waals surface area contributed by atoms with Crippen LogP contribution in [0, 0.1) is 22.0 Å². The number of nitro groups is 1. The number of non-ortho nitro benzene ring substituents is 1. The molecule has 3 amide bonds. The lowest BCUT2D eigenvalue weighted by Crippen LogP contribution is -2.56. The Morgan fingerprint density at radius 2 is 1.79 bits per heavy atom. The van der Waals surface area contributed by atoms with E-state index in [0.717, 1.165) is 29.0 Å². The van der Waals surface area contributed by atoms with E-state index in [1.54, 1.807) is 4.90 Å².